The summed E-state index contributed by atoms with van der Waals surface area (Å²) in [5.74, 6) is -0.244. The number of carbonyl (C=O) groups excluding carboxylic acids is 2. The van der Waals surface area contributed by atoms with Crippen LogP contribution in [0, 0.1) is 0 Å². The van der Waals surface area contributed by atoms with E-state index in [4.69, 9.17) is 0 Å². The highest BCUT2D eigenvalue weighted by molar-refractivity contribution is 6.13. The number of rotatable bonds is 5. The van der Waals surface area contributed by atoms with Crippen molar-refractivity contribution in [2.75, 3.05) is 5.32 Å². The highest BCUT2D eigenvalue weighted by Gasteiger charge is 2.18. The van der Waals surface area contributed by atoms with Gasteiger partial charge in [0.15, 0.2) is 18.2 Å². The second kappa shape index (κ2) is 8.17. The van der Waals surface area contributed by atoms with E-state index in [0.29, 0.717) is 16.8 Å². The van der Waals surface area contributed by atoms with Crippen LogP contribution in [-0.4, -0.2) is 11.7 Å². The van der Waals surface area contributed by atoms with Crippen LogP contribution in [0.25, 0.3) is 0 Å². The van der Waals surface area contributed by atoms with Crippen molar-refractivity contribution in [3.05, 3.63) is 95.3 Å². The first-order chi connectivity index (χ1) is 13.7. The van der Waals surface area contributed by atoms with Gasteiger partial charge in [0.05, 0.1) is 5.69 Å². The summed E-state index contributed by atoms with van der Waals surface area (Å²) in [5.41, 5.74) is 4.37. The molecule has 0 fully saturated rings. The Kier molecular flexibility index (Phi) is 5.29. The van der Waals surface area contributed by atoms with E-state index in [1.54, 1.807) is 24.3 Å². The Balaban J connectivity index is 1.50. The van der Waals surface area contributed by atoms with E-state index in [9.17, 15) is 9.59 Å². The summed E-state index contributed by atoms with van der Waals surface area (Å²) >= 11 is 0. The Morgan fingerprint density at radius 1 is 0.857 bits per heavy atom. The molecule has 0 saturated heterocycles. The van der Waals surface area contributed by atoms with Gasteiger partial charge < -0.3 is 5.32 Å². The first-order valence-corrected chi connectivity index (χ1v) is 9.70. The molecule has 1 aliphatic carbocycles. The lowest BCUT2D eigenvalue weighted by Gasteiger charge is -2.13. The monoisotopic (exact) mass is 371 g/mol. The first-order valence-electron chi connectivity index (χ1n) is 9.70. The molecule has 2 aromatic carbocycles. The van der Waals surface area contributed by atoms with Crippen LogP contribution in [0.1, 0.15) is 39.9 Å². The predicted molar refractivity (Wildman–Crippen MR) is 108 cm³/mol. The number of pyridine rings is 1. The predicted octanol–water partition coefficient (Wildman–Crippen LogP) is 3.72. The number of amides is 1. The molecular weight excluding hydrogens is 348 g/mol. The summed E-state index contributed by atoms with van der Waals surface area (Å²) in [6, 6.07) is 18.4. The molecule has 4 heteroatoms. The summed E-state index contributed by atoms with van der Waals surface area (Å²) in [7, 11) is 0. The number of hydrogen-bond donors (Lipinski definition) is 1. The lowest BCUT2D eigenvalue weighted by Crippen LogP contribution is -2.40. The molecule has 4 rings (SSSR count). The van der Waals surface area contributed by atoms with Crippen LogP contribution in [0.3, 0.4) is 0 Å². The van der Waals surface area contributed by atoms with E-state index >= 15 is 0 Å². The first kappa shape index (κ1) is 18.1. The van der Waals surface area contributed by atoms with Gasteiger partial charge in [-0.3, -0.25) is 9.59 Å². The lowest BCUT2D eigenvalue weighted by atomic mass is 9.93. The minimum atomic E-state index is -0.144. The molecule has 0 saturated carbocycles. The van der Waals surface area contributed by atoms with E-state index < -0.39 is 0 Å². The van der Waals surface area contributed by atoms with Crippen molar-refractivity contribution < 1.29 is 14.2 Å². The Morgan fingerprint density at radius 2 is 1.57 bits per heavy atom. The van der Waals surface area contributed by atoms with Crippen molar-refractivity contribution in [2.45, 2.75) is 32.2 Å². The maximum atomic E-state index is 12.8. The van der Waals surface area contributed by atoms with Crippen molar-refractivity contribution in [1.29, 1.82) is 0 Å². The number of nitrogens with one attached hydrogen (secondary N) is 1. The Hall–Kier alpha value is -3.27. The number of aromatic nitrogens is 1. The van der Waals surface area contributed by atoms with Gasteiger partial charge in [-0.2, -0.15) is 4.57 Å². The number of aryl methyl sites for hydroxylation is 2. The average Bonchev–Trinajstić information content (AvgIpc) is 2.74. The molecule has 3 aromatic rings. The van der Waals surface area contributed by atoms with Gasteiger partial charge >= 0.3 is 0 Å². The normalized spacial score (nSPS) is 12.9. The van der Waals surface area contributed by atoms with Gasteiger partial charge in [-0.15, -0.1) is 0 Å². The fraction of sp³-hybridized carbons (Fsp3) is 0.208. The van der Waals surface area contributed by atoms with Crippen molar-refractivity contribution >= 4 is 17.4 Å². The number of carbonyl (C=O) groups is 2. The Morgan fingerprint density at radius 3 is 2.39 bits per heavy atom. The van der Waals surface area contributed by atoms with Crippen LogP contribution in [0.15, 0.2) is 73.1 Å². The minimum Gasteiger partial charge on any atom is -0.320 e. The number of anilines is 1. The van der Waals surface area contributed by atoms with Crippen molar-refractivity contribution in [3.8, 4) is 0 Å². The fourth-order valence-electron chi connectivity index (χ4n) is 3.71. The summed E-state index contributed by atoms with van der Waals surface area (Å²) in [6.07, 6.45) is 8.69. The van der Waals surface area contributed by atoms with E-state index in [2.05, 4.69) is 17.6 Å². The zero-order valence-electron chi connectivity index (χ0n) is 15.7. The summed E-state index contributed by atoms with van der Waals surface area (Å²) in [6.45, 7) is 0.223. The third kappa shape index (κ3) is 4.01. The van der Waals surface area contributed by atoms with Crippen LogP contribution in [-0.2, 0) is 24.2 Å². The minimum absolute atomic E-state index is 0.0991. The van der Waals surface area contributed by atoms with Crippen molar-refractivity contribution in [3.63, 3.8) is 0 Å². The third-order valence-electron chi connectivity index (χ3n) is 5.15. The van der Waals surface area contributed by atoms with Gasteiger partial charge in [0.25, 0.3) is 5.91 Å². The highest BCUT2D eigenvalue weighted by atomic mass is 16.2. The standard InChI is InChI=1S/C24H22N2O2/c27-23(17-26-15-14-18-8-4-5-11-20(18)16-26)25-22-13-7-6-12-21(22)24(28)19-9-2-1-3-10-19/h1-3,6-7,9-10,12-16H,4-5,8,11,17H2/p+1. The molecule has 0 radical (unpaired) electrons. The van der Waals surface area contributed by atoms with Gasteiger partial charge in [0.1, 0.15) is 0 Å². The summed E-state index contributed by atoms with van der Waals surface area (Å²) in [4.78, 5) is 25.4. The van der Waals surface area contributed by atoms with Crippen LogP contribution in [0.5, 0.6) is 0 Å². The molecule has 0 bridgehead atoms. The smallest absolute Gasteiger partial charge is 0.290 e. The zero-order chi connectivity index (χ0) is 19.3. The third-order valence-corrected chi connectivity index (χ3v) is 5.15. The maximum absolute atomic E-state index is 12.8. The summed E-state index contributed by atoms with van der Waals surface area (Å²) < 4.78 is 1.92. The average molecular weight is 371 g/mol. The molecule has 1 N–H and O–H groups in total. The van der Waals surface area contributed by atoms with Crippen molar-refractivity contribution in [2.24, 2.45) is 0 Å². The summed E-state index contributed by atoms with van der Waals surface area (Å²) in [5, 5.41) is 2.91. The molecule has 0 atom stereocenters. The molecule has 0 unspecified atom stereocenters. The van der Waals surface area contributed by atoms with E-state index in [1.165, 1.54) is 24.0 Å². The zero-order valence-corrected chi connectivity index (χ0v) is 15.7. The molecule has 1 aliphatic rings. The quantitative estimate of drug-likeness (QED) is 0.549. The number of benzene rings is 2. The lowest BCUT2D eigenvalue weighted by molar-refractivity contribution is -0.684. The van der Waals surface area contributed by atoms with Crippen LogP contribution in [0.4, 0.5) is 5.69 Å². The molecule has 1 heterocycles. The molecule has 0 aliphatic heterocycles. The van der Waals surface area contributed by atoms with Gasteiger partial charge in [0.2, 0.25) is 6.54 Å². The Labute approximate surface area is 164 Å². The molecule has 1 aromatic heterocycles. The number of hydrogen-bond acceptors (Lipinski definition) is 2. The van der Waals surface area contributed by atoms with Crippen LogP contribution in [0.2, 0.25) is 0 Å². The molecule has 28 heavy (non-hydrogen) atoms. The van der Waals surface area contributed by atoms with Crippen LogP contribution < -0.4 is 9.88 Å². The number of nitrogens with zero attached hydrogens (tertiary/aromatic N) is 1. The Bertz CT molecular complexity index is 1010. The molecule has 4 nitrogen and oxygen atoms in total. The topological polar surface area (TPSA) is 50.0 Å². The maximum Gasteiger partial charge on any atom is 0.290 e. The van der Waals surface area contributed by atoms with Gasteiger partial charge in [-0.05, 0) is 43.4 Å². The second-order valence-electron chi connectivity index (χ2n) is 7.16. The van der Waals surface area contributed by atoms with E-state index in [1.807, 2.05) is 41.1 Å². The SMILES string of the molecule is O=C(C[n+]1ccc2c(c1)CCCC2)Nc1ccccc1C(=O)c1ccccc1. The molecular formula is C24H23N2O2+. The number of fused-ring (bicyclic) bond motifs is 1. The van der Waals surface area contributed by atoms with Gasteiger partial charge in [0, 0.05) is 22.8 Å². The van der Waals surface area contributed by atoms with Gasteiger partial charge in [-0.1, -0.05) is 42.5 Å². The van der Waals surface area contributed by atoms with Crippen molar-refractivity contribution in [1.82, 2.24) is 0 Å². The fourth-order valence-corrected chi connectivity index (χ4v) is 3.71. The largest absolute Gasteiger partial charge is 0.320 e. The highest BCUT2D eigenvalue weighted by Crippen LogP contribution is 2.20. The molecule has 1 amide bonds. The number of para-hydroxylation sites is 1. The van der Waals surface area contributed by atoms with E-state index in [-0.39, 0.29) is 18.2 Å². The molecule has 0 spiro atoms. The number of ketones is 1. The van der Waals surface area contributed by atoms with E-state index in [0.717, 1.165) is 12.8 Å². The molecule has 140 valence electrons. The van der Waals surface area contributed by atoms with Gasteiger partial charge in [-0.25, -0.2) is 0 Å². The van der Waals surface area contributed by atoms with Crippen LogP contribution >= 0.6 is 0 Å². The second-order valence-corrected chi connectivity index (χ2v) is 7.16.